The molecule has 2 aromatic heterocycles. The summed E-state index contributed by atoms with van der Waals surface area (Å²) in [5.74, 6) is -2.13. The Morgan fingerprint density at radius 1 is 0.562 bits per heavy atom. The lowest BCUT2D eigenvalue weighted by Crippen LogP contribution is -2.33. The van der Waals surface area contributed by atoms with E-state index in [9.17, 15) is 56.0 Å². The molecule has 8 nitrogen and oxygen atoms in total. The Morgan fingerprint density at radius 3 is 1.42 bits per heavy atom. The minimum atomic E-state index is -4.50. The zero-order valence-corrected chi connectivity index (χ0v) is 34.6. The number of primary amides is 1. The van der Waals surface area contributed by atoms with Crippen molar-refractivity contribution in [2.45, 2.75) is 24.6 Å². The Morgan fingerprint density at radius 2 is 0.984 bits per heavy atom. The zero-order chi connectivity index (χ0) is 45.9. The van der Waals surface area contributed by atoms with E-state index in [1.165, 1.54) is 53.0 Å². The van der Waals surface area contributed by atoms with E-state index in [4.69, 9.17) is 5.73 Å². The molecule has 326 valence electrons. The molecule has 0 saturated carbocycles. The lowest BCUT2D eigenvalue weighted by molar-refractivity contribution is -0.138. The Bertz CT molecular complexity index is 3030. The third-order valence-electron chi connectivity index (χ3n) is 10.0. The number of halogens is 6. The smallest absolute Gasteiger partial charge is 0.416 e. The van der Waals surface area contributed by atoms with E-state index in [0.29, 0.717) is 20.9 Å². The number of aromatic carboxylic acids is 1. The van der Waals surface area contributed by atoms with Gasteiger partial charge in [0.15, 0.2) is 0 Å². The molecule has 2 unspecified atom stereocenters. The minimum Gasteiger partial charge on any atom is -0.478 e. The maximum absolute atomic E-state index is 13.1. The second kappa shape index (κ2) is 18.5. The van der Waals surface area contributed by atoms with Crippen LogP contribution >= 0.6 is 22.7 Å². The van der Waals surface area contributed by atoms with E-state index in [2.05, 4.69) is 5.32 Å². The van der Waals surface area contributed by atoms with E-state index >= 15 is 0 Å². The number of carbonyl (C=O) groups excluding carboxylic acids is 2. The number of thiophene rings is 2. The van der Waals surface area contributed by atoms with E-state index in [1.54, 1.807) is 48.5 Å². The van der Waals surface area contributed by atoms with Crippen molar-refractivity contribution in [3.05, 3.63) is 189 Å². The van der Waals surface area contributed by atoms with Crippen molar-refractivity contribution >= 4 is 60.6 Å². The molecule has 2 atom stereocenters. The average molecular weight is 913 g/mol. The highest BCUT2D eigenvalue weighted by Crippen LogP contribution is 2.42. The molecule has 0 aliphatic heterocycles. The normalized spacial score (nSPS) is 12.6. The molecule has 0 aliphatic carbocycles. The second-order valence-electron chi connectivity index (χ2n) is 14.4. The van der Waals surface area contributed by atoms with Crippen molar-refractivity contribution in [3.63, 3.8) is 0 Å². The number of rotatable bonds is 10. The van der Waals surface area contributed by atoms with Crippen LogP contribution < -0.4 is 11.1 Å². The van der Waals surface area contributed by atoms with Crippen LogP contribution in [0.2, 0.25) is 0 Å². The van der Waals surface area contributed by atoms with E-state index < -0.39 is 53.5 Å². The van der Waals surface area contributed by atoms with Gasteiger partial charge in [0.2, 0.25) is 5.91 Å². The highest BCUT2D eigenvalue weighted by atomic mass is 32.1. The monoisotopic (exact) mass is 912 g/mol. The molecule has 0 radical (unpaired) electrons. The summed E-state index contributed by atoms with van der Waals surface area (Å²) >= 11 is 2.54. The van der Waals surface area contributed by atoms with E-state index in [0.717, 1.165) is 61.1 Å². The molecule has 6 aromatic carbocycles. The van der Waals surface area contributed by atoms with Gasteiger partial charge in [0.1, 0.15) is 12.2 Å². The number of carboxylic acid groups (broad SMARTS) is 1. The van der Waals surface area contributed by atoms with Crippen LogP contribution in [0, 0.1) is 0 Å². The fourth-order valence-electron chi connectivity index (χ4n) is 6.91. The Hall–Kier alpha value is -6.85. The first-order valence-electron chi connectivity index (χ1n) is 19.1. The number of hydrogen-bond donors (Lipinski definition) is 5. The highest BCUT2D eigenvalue weighted by molar-refractivity contribution is 7.20. The van der Waals surface area contributed by atoms with E-state index in [1.807, 2.05) is 42.5 Å². The number of aliphatic hydroxyl groups is 2. The molecule has 0 spiro atoms. The molecule has 8 rings (SSSR count). The van der Waals surface area contributed by atoms with Crippen LogP contribution in [0.25, 0.3) is 42.4 Å². The number of amides is 2. The summed E-state index contributed by atoms with van der Waals surface area (Å²) in [4.78, 5) is 35.5. The van der Waals surface area contributed by atoms with E-state index in [-0.39, 0.29) is 23.2 Å². The molecule has 0 saturated heterocycles. The van der Waals surface area contributed by atoms with Crippen LogP contribution in [0.5, 0.6) is 0 Å². The maximum Gasteiger partial charge on any atom is 0.416 e. The summed E-state index contributed by atoms with van der Waals surface area (Å²) < 4.78 is 79.9. The number of aliphatic hydroxyl groups excluding tert-OH is 2. The van der Waals surface area contributed by atoms with Crippen molar-refractivity contribution in [2.75, 3.05) is 6.54 Å². The van der Waals surface area contributed by atoms with Crippen molar-refractivity contribution in [3.8, 4) is 22.3 Å². The van der Waals surface area contributed by atoms with Crippen LogP contribution in [0.3, 0.4) is 0 Å². The lowest BCUT2D eigenvalue weighted by atomic mass is 10.0. The van der Waals surface area contributed by atoms with Crippen LogP contribution in [0.4, 0.5) is 26.3 Å². The minimum absolute atomic E-state index is 0.149. The average Bonchev–Trinajstić information content (AvgIpc) is 3.93. The standard InChI is InChI=1S/C25H19F3N2O3S.C23H15F3O3S/c26-25(27,28)18-8-2-5-15(11-18)22(32)20-12-16-6-3-9-19(23(16)34-20)14-4-1-7-17(10-14)24(33)30-13-21(29)31;24-23(25,26)17-8-2-5-14(11-17)20(27)19-12-15-6-3-9-18(21(15)30-19)13-4-1-7-16(10-13)22(28)29/h1-12,22,32H,13H2,(H2,29,31)(H,30,33);1-12,20,27H,(H,28,29). The SMILES string of the molecule is NC(=O)CNC(=O)c1cccc(-c2cccc3cc(C(O)c4cccc(C(F)(F)F)c4)sc23)c1.O=C(O)c1cccc(-c2cccc3cc(C(O)c4cccc(C(F)(F)F)c4)sc23)c1. The van der Waals surface area contributed by atoms with Crippen LogP contribution in [0.15, 0.2) is 146 Å². The Kier molecular flexibility index (Phi) is 13.0. The van der Waals surface area contributed by atoms with Gasteiger partial charge in [-0.25, -0.2) is 4.79 Å². The Labute approximate surface area is 368 Å². The number of carboxylic acids is 1. The highest BCUT2D eigenvalue weighted by Gasteiger charge is 2.32. The summed E-state index contributed by atoms with van der Waals surface area (Å²) in [6, 6.07) is 37.2. The molecule has 2 heterocycles. The molecule has 2 amide bonds. The molecule has 8 aromatic rings. The van der Waals surface area contributed by atoms with Crippen molar-refractivity contribution < 1.29 is 56.0 Å². The molecule has 6 N–H and O–H groups in total. The summed E-state index contributed by atoms with van der Waals surface area (Å²) in [6.45, 7) is -0.277. The molecule has 0 fully saturated rings. The van der Waals surface area contributed by atoms with Gasteiger partial charge in [-0.15, -0.1) is 22.7 Å². The van der Waals surface area contributed by atoms with Gasteiger partial charge in [-0.1, -0.05) is 84.9 Å². The van der Waals surface area contributed by atoms with Gasteiger partial charge in [-0.05, 0) is 105 Å². The first-order chi connectivity index (χ1) is 30.4. The predicted octanol–water partition coefficient (Wildman–Crippen LogP) is 11.3. The fraction of sp³-hybridized carbons (Fsp3) is 0.104. The number of nitrogens with one attached hydrogen (secondary N) is 1. The van der Waals surface area contributed by atoms with Crippen molar-refractivity contribution in [1.29, 1.82) is 0 Å². The van der Waals surface area contributed by atoms with Gasteiger partial charge < -0.3 is 26.4 Å². The summed E-state index contributed by atoms with van der Waals surface area (Å²) in [5, 5.41) is 34.9. The summed E-state index contributed by atoms with van der Waals surface area (Å²) in [7, 11) is 0. The maximum atomic E-state index is 13.1. The lowest BCUT2D eigenvalue weighted by Gasteiger charge is -2.12. The topological polar surface area (TPSA) is 150 Å². The zero-order valence-electron chi connectivity index (χ0n) is 32.9. The van der Waals surface area contributed by atoms with Gasteiger partial charge >= 0.3 is 18.3 Å². The molecular formula is C48H34F6N2O6S2. The summed E-state index contributed by atoms with van der Waals surface area (Å²) in [5.41, 5.74) is 7.29. The molecule has 0 bridgehead atoms. The first-order valence-corrected chi connectivity index (χ1v) is 20.8. The Balaban J connectivity index is 0.000000193. The quantitative estimate of drug-likeness (QED) is 0.0862. The van der Waals surface area contributed by atoms with Gasteiger partial charge in [0.25, 0.3) is 5.91 Å². The second-order valence-corrected chi connectivity index (χ2v) is 16.6. The molecule has 0 aliphatic rings. The van der Waals surface area contributed by atoms with Crippen LogP contribution in [0.1, 0.15) is 64.9 Å². The number of nitrogens with two attached hydrogens (primary N) is 1. The van der Waals surface area contributed by atoms with Crippen molar-refractivity contribution in [1.82, 2.24) is 5.32 Å². The molecule has 64 heavy (non-hydrogen) atoms. The van der Waals surface area contributed by atoms with Crippen LogP contribution in [-0.4, -0.2) is 39.6 Å². The number of benzene rings is 6. The fourth-order valence-corrected chi connectivity index (χ4v) is 9.33. The number of carbonyl (C=O) groups is 3. The first kappa shape index (κ1) is 45.2. The van der Waals surface area contributed by atoms with Gasteiger partial charge in [-0.3, -0.25) is 9.59 Å². The summed E-state index contributed by atoms with van der Waals surface area (Å²) in [6.07, 6.45) is -11.4. The number of hydrogen-bond acceptors (Lipinski definition) is 7. The predicted molar refractivity (Wildman–Crippen MR) is 234 cm³/mol. The van der Waals surface area contributed by atoms with Crippen LogP contribution in [-0.2, 0) is 17.1 Å². The number of alkyl halides is 6. The van der Waals surface area contributed by atoms with Crippen molar-refractivity contribution in [2.24, 2.45) is 5.73 Å². The van der Waals surface area contributed by atoms with Gasteiger partial charge in [0.05, 0.1) is 23.2 Å². The number of fused-ring (bicyclic) bond motifs is 2. The molecule has 16 heteroatoms. The van der Waals surface area contributed by atoms with Gasteiger partial charge in [-0.2, -0.15) is 26.3 Å². The molecular weight excluding hydrogens is 879 g/mol. The largest absolute Gasteiger partial charge is 0.478 e. The van der Waals surface area contributed by atoms with Gasteiger partial charge in [0, 0.05) is 24.7 Å². The third-order valence-corrected chi connectivity index (χ3v) is 12.5. The third kappa shape index (κ3) is 10.2.